The molecule has 1 heterocycles. The van der Waals surface area contributed by atoms with Crippen molar-refractivity contribution in [3.63, 3.8) is 0 Å². The summed E-state index contributed by atoms with van der Waals surface area (Å²) in [6.45, 7) is 4.38. The van der Waals surface area contributed by atoms with Gasteiger partial charge in [-0.15, -0.1) is 0 Å². The maximum Gasteiger partial charge on any atom is 0.231 e. The Kier molecular flexibility index (Phi) is 3.14. The molecule has 104 valence electrons. The Bertz CT molecular complexity index is 619. The number of hydrogen-bond acceptors (Lipinski definition) is 3. The van der Waals surface area contributed by atoms with Gasteiger partial charge in [-0.1, -0.05) is 50.2 Å². The van der Waals surface area contributed by atoms with Crippen molar-refractivity contribution < 1.29 is 14.6 Å². The second kappa shape index (κ2) is 4.84. The van der Waals surface area contributed by atoms with Crippen LogP contribution < -0.4 is 9.47 Å². The van der Waals surface area contributed by atoms with E-state index in [0.29, 0.717) is 5.75 Å². The summed E-state index contributed by atoms with van der Waals surface area (Å²) in [5.74, 6) is 1.49. The number of aliphatic hydroxyl groups excluding tert-OH is 1. The van der Waals surface area contributed by atoms with Crippen molar-refractivity contribution in [2.24, 2.45) is 0 Å². The van der Waals surface area contributed by atoms with E-state index in [1.165, 1.54) is 0 Å². The van der Waals surface area contributed by atoms with E-state index >= 15 is 0 Å². The van der Waals surface area contributed by atoms with Gasteiger partial charge < -0.3 is 14.6 Å². The minimum absolute atomic E-state index is 0.113. The van der Waals surface area contributed by atoms with Gasteiger partial charge in [0.1, 0.15) is 11.5 Å². The van der Waals surface area contributed by atoms with E-state index in [1.54, 1.807) is 0 Å². The first kappa shape index (κ1) is 13.0. The zero-order chi connectivity index (χ0) is 14.2. The molecule has 0 saturated heterocycles. The largest absolute Gasteiger partial charge is 0.487 e. The number of rotatable bonds is 0. The number of fused-ring (bicyclic) bond motifs is 2. The van der Waals surface area contributed by atoms with Crippen molar-refractivity contribution in [3.05, 3.63) is 59.7 Å². The van der Waals surface area contributed by atoms with Crippen LogP contribution >= 0.6 is 0 Å². The number of ether oxygens (including phenoxy) is 2. The Morgan fingerprint density at radius 3 is 2.20 bits per heavy atom. The average Bonchev–Trinajstić information content (AvgIpc) is 2.49. The third-order valence-electron chi connectivity index (χ3n) is 3.77. The summed E-state index contributed by atoms with van der Waals surface area (Å²) >= 11 is 0. The highest BCUT2D eigenvalue weighted by atomic mass is 16.6. The van der Waals surface area contributed by atoms with Gasteiger partial charge in [-0.2, -0.15) is 0 Å². The molecule has 0 amide bonds. The van der Waals surface area contributed by atoms with E-state index in [-0.39, 0.29) is 12.0 Å². The summed E-state index contributed by atoms with van der Waals surface area (Å²) in [6, 6.07) is 15.7. The lowest BCUT2D eigenvalue weighted by Gasteiger charge is -2.28. The molecule has 3 nitrogen and oxygen atoms in total. The molecule has 2 aromatic rings. The highest BCUT2D eigenvalue weighted by Crippen LogP contribution is 2.42. The lowest BCUT2D eigenvalue weighted by atomic mass is 9.77. The molecule has 3 rings (SSSR count). The third kappa shape index (κ3) is 2.14. The van der Waals surface area contributed by atoms with Crippen LogP contribution in [0.1, 0.15) is 25.0 Å². The molecule has 20 heavy (non-hydrogen) atoms. The van der Waals surface area contributed by atoms with Gasteiger partial charge in [0.2, 0.25) is 6.29 Å². The van der Waals surface area contributed by atoms with Crippen LogP contribution in [0.15, 0.2) is 48.5 Å². The molecule has 1 atom stereocenters. The van der Waals surface area contributed by atoms with Crippen LogP contribution in [-0.4, -0.2) is 18.0 Å². The SMILES string of the molecule is CC1(C)c2ccccc2OCC(O)Oc2ccccc21. The Balaban J connectivity index is 2.23. The molecule has 3 heteroatoms. The van der Waals surface area contributed by atoms with Gasteiger partial charge in [0.05, 0.1) is 0 Å². The smallest absolute Gasteiger partial charge is 0.231 e. The van der Waals surface area contributed by atoms with Gasteiger partial charge in [-0.05, 0) is 12.1 Å². The second-order valence-corrected chi connectivity index (χ2v) is 5.50. The fourth-order valence-electron chi connectivity index (χ4n) is 2.68. The molecule has 1 aliphatic rings. The Hall–Kier alpha value is -2.00. The molecule has 1 aliphatic heterocycles. The van der Waals surface area contributed by atoms with Crippen LogP contribution in [-0.2, 0) is 5.41 Å². The molecular formula is C17H18O3. The molecule has 2 aromatic carbocycles. The Labute approximate surface area is 118 Å². The quantitative estimate of drug-likeness (QED) is 0.799. The van der Waals surface area contributed by atoms with E-state index in [0.717, 1.165) is 16.9 Å². The van der Waals surface area contributed by atoms with Gasteiger partial charge in [-0.3, -0.25) is 0 Å². The van der Waals surface area contributed by atoms with Gasteiger partial charge in [0.25, 0.3) is 0 Å². The normalized spacial score (nSPS) is 20.2. The van der Waals surface area contributed by atoms with E-state index < -0.39 is 6.29 Å². The van der Waals surface area contributed by atoms with E-state index in [4.69, 9.17) is 9.47 Å². The fraction of sp³-hybridized carbons (Fsp3) is 0.294. The van der Waals surface area contributed by atoms with Crippen molar-refractivity contribution in [1.29, 1.82) is 0 Å². The first-order chi connectivity index (χ1) is 9.59. The number of aliphatic hydroxyl groups is 1. The summed E-state index contributed by atoms with van der Waals surface area (Å²) in [5.41, 5.74) is 1.86. The molecule has 1 unspecified atom stereocenters. The van der Waals surface area contributed by atoms with Crippen LogP contribution in [0, 0.1) is 0 Å². The van der Waals surface area contributed by atoms with Crippen LogP contribution in [0.3, 0.4) is 0 Å². The summed E-state index contributed by atoms with van der Waals surface area (Å²) in [7, 11) is 0. The van der Waals surface area contributed by atoms with Crippen LogP contribution in [0.2, 0.25) is 0 Å². The standard InChI is InChI=1S/C17H18O3/c1-17(2)12-7-3-5-9-14(12)19-11-16(18)20-15-10-6-4-8-13(15)17/h3-10,16,18H,11H2,1-2H3. The maximum absolute atomic E-state index is 9.93. The second-order valence-electron chi connectivity index (χ2n) is 5.50. The number of hydrogen-bond donors (Lipinski definition) is 1. The Morgan fingerprint density at radius 2 is 1.50 bits per heavy atom. The third-order valence-corrected chi connectivity index (χ3v) is 3.77. The monoisotopic (exact) mass is 270 g/mol. The van der Waals surface area contributed by atoms with Crippen molar-refractivity contribution >= 4 is 0 Å². The molecule has 1 N–H and O–H groups in total. The molecule has 0 fully saturated rings. The summed E-state index contributed by atoms with van der Waals surface area (Å²) in [5, 5.41) is 9.93. The summed E-state index contributed by atoms with van der Waals surface area (Å²) in [6.07, 6.45) is -0.974. The highest BCUT2D eigenvalue weighted by molar-refractivity contribution is 5.50. The first-order valence-corrected chi connectivity index (χ1v) is 6.75. The average molecular weight is 270 g/mol. The molecule has 0 bridgehead atoms. The van der Waals surface area contributed by atoms with Crippen molar-refractivity contribution in [2.75, 3.05) is 6.61 Å². The van der Waals surface area contributed by atoms with Crippen LogP contribution in [0.4, 0.5) is 0 Å². The van der Waals surface area contributed by atoms with Gasteiger partial charge in [0.15, 0.2) is 6.61 Å². The molecule has 0 radical (unpaired) electrons. The summed E-state index contributed by atoms with van der Waals surface area (Å²) in [4.78, 5) is 0. The zero-order valence-electron chi connectivity index (χ0n) is 11.7. The van der Waals surface area contributed by atoms with Crippen LogP contribution in [0.5, 0.6) is 11.5 Å². The van der Waals surface area contributed by atoms with Crippen molar-refractivity contribution in [1.82, 2.24) is 0 Å². The Morgan fingerprint density at radius 1 is 0.950 bits per heavy atom. The van der Waals surface area contributed by atoms with Crippen LogP contribution in [0.25, 0.3) is 0 Å². The van der Waals surface area contributed by atoms with Gasteiger partial charge >= 0.3 is 0 Å². The predicted octanol–water partition coefficient (Wildman–Crippen LogP) is 3.10. The number of benzene rings is 2. The first-order valence-electron chi connectivity index (χ1n) is 6.75. The van der Waals surface area contributed by atoms with Crippen molar-refractivity contribution in [2.45, 2.75) is 25.6 Å². The molecule has 0 spiro atoms. The van der Waals surface area contributed by atoms with Gasteiger partial charge in [0, 0.05) is 16.5 Å². The van der Waals surface area contributed by atoms with Gasteiger partial charge in [-0.25, -0.2) is 0 Å². The number of para-hydroxylation sites is 2. The lowest BCUT2D eigenvalue weighted by molar-refractivity contribution is -0.0477. The minimum atomic E-state index is -0.974. The highest BCUT2D eigenvalue weighted by Gasteiger charge is 2.31. The molecule has 0 aliphatic carbocycles. The van der Waals surface area contributed by atoms with Crippen molar-refractivity contribution in [3.8, 4) is 11.5 Å². The van der Waals surface area contributed by atoms with E-state index in [2.05, 4.69) is 19.9 Å². The minimum Gasteiger partial charge on any atom is -0.487 e. The van der Waals surface area contributed by atoms with E-state index in [1.807, 2.05) is 42.5 Å². The molecular weight excluding hydrogens is 252 g/mol. The molecule has 0 saturated carbocycles. The van der Waals surface area contributed by atoms with E-state index in [9.17, 15) is 5.11 Å². The fourth-order valence-corrected chi connectivity index (χ4v) is 2.68. The maximum atomic E-state index is 9.93. The lowest BCUT2D eigenvalue weighted by Crippen LogP contribution is -2.24. The zero-order valence-corrected chi connectivity index (χ0v) is 11.7. The molecule has 0 aromatic heterocycles. The predicted molar refractivity (Wildman–Crippen MR) is 77.1 cm³/mol. The summed E-state index contributed by atoms with van der Waals surface area (Å²) < 4.78 is 11.3. The topological polar surface area (TPSA) is 38.7 Å².